The van der Waals surface area contributed by atoms with Crippen molar-refractivity contribution in [3.63, 3.8) is 0 Å². The Hall–Kier alpha value is -1.63. The summed E-state index contributed by atoms with van der Waals surface area (Å²) in [4.78, 5) is 3.60. The fourth-order valence-corrected chi connectivity index (χ4v) is 0.920. The number of aromatic nitrogens is 1. The van der Waals surface area contributed by atoms with Crippen molar-refractivity contribution in [2.24, 2.45) is 5.84 Å². The van der Waals surface area contributed by atoms with Gasteiger partial charge in [-0.2, -0.15) is 4.98 Å². The predicted molar refractivity (Wildman–Crippen MR) is 38.3 cm³/mol. The molecule has 0 saturated carbocycles. The molecule has 1 aromatic rings. The second-order valence-corrected chi connectivity index (χ2v) is 2.31. The number of nitrogens with one attached hydrogen (secondary N) is 1. The molecule has 1 aliphatic heterocycles. The molecule has 7 heteroatoms. The zero-order valence-corrected chi connectivity index (χ0v) is 6.25. The van der Waals surface area contributed by atoms with Gasteiger partial charge in [0, 0.05) is 0 Å². The zero-order valence-electron chi connectivity index (χ0n) is 6.25. The van der Waals surface area contributed by atoms with Crippen LogP contribution in [0.15, 0.2) is 12.1 Å². The number of hydrogen-bond donors (Lipinski definition) is 2. The second-order valence-electron chi connectivity index (χ2n) is 2.31. The van der Waals surface area contributed by atoms with Crippen LogP contribution in [0.5, 0.6) is 11.6 Å². The van der Waals surface area contributed by atoms with Crippen LogP contribution in [-0.4, -0.2) is 11.3 Å². The topological polar surface area (TPSA) is 69.4 Å². The number of anilines is 1. The lowest BCUT2D eigenvalue weighted by atomic mass is 10.4. The van der Waals surface area contributed by atoms with Crippen LogP contribution in [0.3, 0.4) is 0 Å². The molecular weight excluding hydrogens is 184 g/mol. The first-order chi connectivity index (χ1) is 6.11. The van der Waals surface area contributed by atoms with Crippen LogP contribution in [0, 0.1) is 0 Å². The average molecular weight is 189 g/mol. The monoisotopic (exact) mass is 189 g/mol. The van der Waals surface area contributed by atoms with Gasteiger partial charge in [-0.15, -0.1) is 8.78 Å². The van der Waals surface area contributed by atoms with E-state index in [-0.39, 0.29) is 17.4 Å². The molecule has 0 fully saturated rings. The minimum atomic E-state index is -3.64. The quantitative estimate of drug-likeness (QED) is 0.502. The molecule has 13 heavy (non-hydrogen) atoms. The Balaban J connectivity index is 2.36. The van der Waals surface area contributed by atoms with Crippen LogP contribution in [-0.2, 0) is 0 Å². The van der Waals surface area contributed by atoms with Crippen molar-refractivity contribution in [2.75, 3.05) is 5.43 Å². The Morgan fingerprint density at radius 2 is 2.15 bits per heavy atom. The molecule has 1 aromatic heterocycles. The highest BCUT2D eigenvalue weighted by Gasteiger charge is 2.44. The number of nitrogen functional groups attached to an aromatic ring is 1. The normalized spacial score (nSPS) is 17.2. The van der Waals surface area contributed by atoms with E-state index < -0.39 is 6.29 Å². The van der Waals surface area contributed by atoms with Crippen molar-refractivity contribution in [1.82, 2.24) is 4.98 Å². The fraction of sp³-hybridized carbons (Fsp3) is 0.167. The van der Waals surface area contributed by atoms with Gasteiger partial charge < -0.3 is 14.9 Å². The van der Waals surface area contributed by atoms with Gasteiger partial charge in [-0.05, 0) is 12.1 Å². The summed E-state index contributed by atoms with van der Waals surface area (Å²) in [7, 11) is 0. The molecule has 0 unspecified atom stereocenters. The fourth-order valence-electron chi connectivity index (χ4n) is 0.920. The van der Waals surface area contributed by atoms with Gasteiger partial charge in [-0.3, -0.25) is 0 Å². The van der Waals surface area contributed by atoms with Crippen molar-refractivity contribution in [1.29, 1.82) is 0 Å². The van der Waals surface area contributed by atoms with Gasteiger partial charge in [0.25, 0.3) is 5.88 Å². The summed E-state index contributed by atoms with van der Waals surface area (Å²) in [6, 6.07) is 2.68. The van der Waals surface area contributed by atoms with Gasteiger partial charge in [0.1, 0.15) is 5.82 Å². The summed E-state index contributed by atoms with van der Waals surface area (Å²) >= 11 is 0. The average Bonchev–Trinajstić information content (AvgIpc) is 2.36. The molecule has 2 rings (SSSR count). The molecule has 70 valence electrons. The first kappa shape index (κ1) is 7.99. The molecule has 0 aromatic carbocycles. The number of nitrogens with two attached hydrogens (primary N) is 1. The maximum Gasteiger partial charge on any atom is 0.587 e. The van der Waals surface area contributed by atoms with Crippen molar-refractivity contribution in [3.8, 4) is 11.6 Å². The number of fused-ring (bicyclic) bond motifs is 1. The Labute approximate surface area is 71.4 Å². The van der Waals surface area contributed by atoms with Crippen LogP contribution in [0.1, 0.15) is 0 Å². The highest BCUT2D eigenvalue weighted by atomic mass is 19.3. The van der Waals surface area contributed by atoms with E-state index in [1.165, 1.54) is 12.1 Å². The second kappa shape index (κ2) is 2.43. The minimum absolute atomic E-state index is 0.107. The number of halogens is 2. The number of pyridine rings is 1. The van der Waals surface area contributed by atoms with Crippen molar-refractivity contribution in [3.05, 3.63) is 12.1 Å². The number of alkyl halides is 2. The molecule has 0 spiro atoms. The molecule has 2 heterocycles. The van der Waals surface area contributed by atoms with Crippen molar-refractivity contribution >= 4 is 5.82 Å². The number of rotatable bonds is 1. The summed E-state index contributed by atoms with van der Waals surface area (Å²) in [5.74, 6) is 4.85. The van der Waals surface area contributed by atoms with E-state index in [9.17, 15) is 8.78 Å². The molecule has 0 bridgehead atoms. The molecule has 0 atom stereocenters. The summed E-state index contributed by atoms with van der Waals surface area (Å²) < 4.78 is 33.1. The Morgan fingerprint density at radius 1 is 1.38 bits per heavy atom. The molecule has 0 amide bonds. The third-order valence-electron chi connectivity index (χ3n) is 1.42. The van der Waals surface area contributed by atoms with Gasteiger partial charge in [0.2, 0.25) is 0 Å². The molecule has 0 radical (unpaired) electrons. The predicted octanol–water partition coefficient (Wildman–Crippen LogP) is 0.689. The lowest BCUT2D eigenvalue weighted by Gasteiger charge is -2.03. The highest BCUT2D eigenvalue weighted by Crippen LogP contribution is 2.39. The number of nitrogens with zero attached hydrogens (tertiary/aromatic N) is 1. The number of ether oxygens (including phenoxy) is 2. The summed E-state index contributed by atoms with van der Waals surface area (Å²) in [5.41, 5.74) is 2.19. The Morgan fingerprint density at radius 3 is 2.85 bits per heavy atom. The maximum absolute atomic E-state index is 12.4. The first-order valence-electron chi connectivity index (χ1n) is 3.34. The number of hydrogen-bond acceptors (Lipinski definition) is 5. The van der Waals surface area contributed by atoms with E-state index >= 15 is 0 Å². The lowest BCUT2D eigenvalue weighted by molar-refractivity contribution is -0.287. The molecule has 0 saturated heterocycles. The zero-order chi connectivity index (χ0) is 9.47. The van der Waals surface area contributed by atoms with Crippen LogP contribution in [0.2, 0.25) is 0 Å². The Kier molecular flexibility index (Phi) is 1.49. The van der Waals surface area contributed by atoms with Gasteiger partial charge >= 0.3 is 6.29 Å². The van der Waals surface area contributed by atoms with E-state index in [0.29, 0.717) is 0 Å². The van der Waals surface area contributed by atoms with Crippen molar-refractivity contribution < 1.29 is 18.3 Å². The minimum Gasteiger partial charge on any atom is -0.393 e. The molecular formula is C6H5F2N3O2. The van der Waals surface area contributed by atoms with Gasteiger partial charge in [0.05, 0.1) is 0 Å². The summed E-state index contributed by atoms with van der Waals surface area (Å²) in [5, 5.41) is 0. The standard InChI is InChI=1S/C6H5F2N3O2/c7-6(8)12-3-1-2-4(11-9)10-5(3)13-6/h1-2H,9H2,(H,10,11). The van der Waals surface area contributed by atoms with E-state index in [1.54, 1.807) is 0 Å². The summed E-state index contributed by atoms with van der Waals surface area (Å²) in [6.45, 7) is 0. The molecule has 5 nitrogen and oxygen atoms in total. The smallest absolute Gasteiger partial charge is 0.393 e. The van der Waals surface area contributed by atoms with Crippen LogP contribution >= 0.6 is 0 Å². The number of hydrazine groups is 1. The Bertz CT molecular complexity index is 345. The van der Waals surface area contributed by atoms with E-state index in [1.807, 2.05) is 0 Å². The third kappa shape index (κ3) is 1.33. The molecule has 1 aliphatic rings. The molecule has 0 aliphatic carbocycles. The van der Waals surface area contributed by atoms with Crippen LogP contribution in [0.25, 0.3) is 0 Å². The highest BCUT2D eigenvalue weighted by molar-refractivity contribution is 5.45. The van der Waals surface area contributed by atoms with Crippen LogP contribution in [0.4, 0.5) is 14.6 Å². The molecule has 3 N–H and O–H groups in total. The first-order valence-corrected chi connectivity index (χ1v) is 3.34. The van der Waals surface area contributed by atoms with E-state index in [0.717, 1.165) is 0 Å². The van der Waals surface area contributed by atoms with Crippen LogP contribution < -0.4 is 20.7 Å². The largest absolute Gasteiger partial charge is 0.587 e. The summed E-state index contributed by atoms with van der Waals surface area (Å²) in [6.07, 6.45) is -3.64. The van der Waals surface area contributed by atoms with Gasteiger partial charge in [0.15, 0.2) is 5.75 Å². The van der Waals surface area contributed by atoms with E-state index in [4.69, 9.17) is 5.84 Å². The third-order valence-corrected chi connectivity index (χ3v) is 1.42. The van der Waals surface area contributed by atoms with E-state index in [2.05, 4.69) is 19.9 Å². The van der Waals surface area contributed by atoms with Gasteiger partial charge in [-0.25, -0.2) is 5.84 Å². The lowest BCUT2D eigenvalue weighted by Crippen LogP contribution is -2.26. The van der Waals surface area contributed by atoms with Crippen molar-refractivity contribution in [2.45, 2.75) is 6.29 Å². The maximum atomic E-state index is 12.4. The van der Waals surface area contributed by atoms with Gasteiger partial charge in [-0.1, -0.05) is 0 Å². The SMILES string of the molecule is NNc1ccc2c(n1)OC(F)(F)O2.